The monoisotopic (exact) mass is 447 g/mol. The van der Waals surface area contributed by atoms with E-state index >= 15 is 0 Å². The summed E-state index contributed by atoms with van der Waals surface area (Å²) in [6.45, 7) is 1.76. The van der Waals surface area contributed by atoms with Gasteiger partial charge in [-0.25, -0.2) is 0 Å². The van der Waals surface area contributed by atoms with Crippen LogP contribution in [0.3, 0.4) is 0 Å². The van der Waals surface area contributed by atoms with Crippen LogP contribution >= 0.6 is 0 Å². The molecule has 1 saturated heterocycles. The summed E-state index contributed by atoms with van der Waals surface area (Å²) in [5.74, 6) is -0.371. The molecule has 3 amide bonds. The Morgan fingerprint density at radius 2 is 1.85 bits per heavy atom. The average Bonchev–Trinajstić information content (AvgIpc) is 2.87. The number of anilines is 1. The van der Waals surface area contributed by atoms with E-state index in [-0.39, 0.29) is 42.9 Å². The Balaban J connectivity index is 1.43. The summed E-state index contributed by atoms with van der Waals surface area (Å²) in [6, 6.07) is 15.0. The van der Waals surface area contributed by atoms with Crippen molar-refractivity contribution in [2.75, 3.05) is 24.5 Å². The molecule has 0 bridgehead atoms. The van der Waals surface area contributed by atoms with Gasteiger partial charge in [0.05, 0.1) is 12.5 Å². The number of carbonyl (C=O) groups is 3. The highest BCUT2D eigenvalue weighted by Crippen LogP contribution is 2.20. The smallest absolute Gasteiger partial charge is 0.227 e. The van der Waals surface area contributed by atoms with Crippen molar-refractivity contribution >= 4 is 23.4 Å². The molecular formula is C25H29N5O3. The van der Waals surface area contributed by atoms with E-state index in [0.717, 1.165) is 11.3 Å². The van der Waals surface area contributed by atoms with Crippen molar-refractivity contribution in [3.63, 3.8) is 0 Å². The molecule has 1 fully saturated rings. The first kappa shape index (κ1) is 23.9. The second-order valence-corrected chi connectivity index (χ2v) is 8.02. The Labute approximate surface area is 194 Å². The standard InChI is InChI=1S/C25H29N5O3/c26-13-5-15-30(22-7-2-1-3-8-22)24(32)10-9-23(31)29-16-11-21(12-17-29)25(33)28-19-20-6-4-14-27-18-20/h1-4,6-8,14,18,21H,5,9-12,15-17,19H2,(H,28,33). The molecular weight excluding hydrogens is 418 g/mol. The number of hydrogen-bond donors (Lipinski definition) is 1. The number of aromatic nitrogens is 1. The van der Waals surface area contributed by atoms with Crippen molar-refractivity contribution in [1.82, 2.24) is 15.2 Å². The minimum Gasteiger partial charge on any atom is -0.352 e. The average molecular weight is 448 g/mol. The molecule has 1 aromatic carbocycles. The normalized spacial score (nSPS) is 13.7. The van der Waals surface area contributed by atoms with Gasteiger partial charge in [0.1, 0.15) is 0 Å². The summed E-state index contributed by atoms with van der Waals surface area (Å²) in [4.78, 5) is 45.2. The maximum Gasteiger partial charge on any atom is 0.227 e. The lowest BCUT2D eigenvalue weighted by Gasteiger charge is -2.31. The Bertz CT molecular complexity index is 967. The van der Waals surface area contributed by atoms with E-state index in [9.17, 15) is 14.4 Å². The third kappa shape index (κ3) is 7.14. The van der Waals surface area contributed by atoms with Gasteiger partial charge in [-0.15, -0.1) is 0 Å². The van der Waals surface area contributed by atoms with Crippen LogP contribution in [0, 0.1) is 17.2 Å². The number of rotatable bonds is 9. The number of piperidine rings is 1. The molecule has 1 aromatic heterocycles. The lowest BCUT2D eigenvalue weighted by Crippen LogP contribution is -2.43. The van der Waals surface area contributed by atoms with E-state index in [0.29, 0.717) is 39.0 Å². The largest absolute Gasteiger partial charge is 0.352 e. The number of nitrogens with one attached hydrogen (secondary N) is 1. The van der Waals surface area contributed by atoms with Crippen LogP contribution < -0.4 is 10.2 Å². The van der Waals surface area contributed by atoms with E-state index < -0.39 is 0 Å². The molecule has 2 aromatic rings. The number of hydrogen-bond acceptors (Lipinski definition) is 5. The van der Waals surface area contributed by atoms with Crippen molar-refractivity contribution in [1.29, 1.82) is 5.26 Å². The van der Waals surface area contributed by atoms with Crippen LogP contribution in [0.1, 0.15) is 37.7 Å². The number of likely N-dealkylation sites (tertiary alicyclic amines) is 1. The lowest BCUT2D eigenvalue weighted by molar-refractivity contribution is -0.136. The maximum absolute atomic E-state index is 12.8. The minimum atomic E-state index is -0.172. The van der Waals surface area contributed by atoms with Gasteiger partial charge < -0.3 is 15.1 Å². The third-order valence-electron chi connectivity index (χ3n) is 5.78. The lowest BCUT2D eigenvalue weighted by atomic mass is 9.95. The van der Waals surface area contributed by atoms with Crippen molar-refractivity contribution in [3.8, 4) is 6.07 Å². The van der Waals surface area contributed by atoms with Crippen molar-refractivity contribution in [3.05, 3.63) is 60.4 Å². The Morgan fingerprint density at radius 1 is 1.09 bits per heavy atom. The first-order valence-electron chi connectivity index (χ1n) is 11.2. The first-order valence-corrected chi connectivity index (χ1v) is 11.2. The fourth-order valence-electron chi connectivity index (χ4n) is 3.90. The van der Waals surface area contributed by atoms with E-state index in [1.165, 1.54) is 0 Å². The highest BCUT2D eigenvalue weighted by atomic mass is 16.2. The first-order chi connectivity index (χ1) is 16.1. The molecule has 1 aliphatic rings. The minimum absolute atomic E-state index is 0.00266. The summed E-state index contributed by atoms with van der Waals surface area (Å²) >= 11 is 0. The van der Waals surface area contributed by atoms with Crippen LogP contribution in [0.4, 0.5) is 5.69 Å². The van der Waals surface area contributed by atoms with E-state index in [1.807, 2.05) is 42.5 Å². The van der Waals surface area contributed by atoms with Crippen LogP contribution in [0.25, 0.3) is 0 Å². The van der Waals surface area contributed by atoms with E-state index in [2.05, 4.69) is 16.4 Å². The number of benzene rings is 1. The van der Waals surface area contributed by atoms with Crippen molar-refractivity contribution < 1.29 is 14.4 Å². The molecule has 8 heteroatoms. The van der Waals surface area contributed by atoms with Gasteiger partial charge in [0, 0.05) is 63.0 Å². The Hall–Kier alpha value is -3.73. The predicted octanol–water partition coefficient (Wildman–Crippen LogP) is 2.66. The number of carbonyl (C=O) groups excluding carboxylic acids is 3. The molecule has 3 rings (SSSR count). The highest BCUT2D eigenvalue weighted by Gasteiger charge is 2.27. The van der Waals surface area contributed by atoms with Gasteiger partial charge in [0.15, 0.2) is 0 Å². The van der Waals surface area contributed by atoms with Gasteiger partial charge in [-0.1, -0.05) is 24.3 Å². The molecule has 0 atom stereocenters. The van der Waals surface area contributed by atoms with Gasteiger partial charge >= 0.3 is 0 Å². The topological polar surface area (TPSA) is 106 Å². The van der Waals surface area contributed by atoms with E-state index in [1.54, 1.807) is 22.2 Å². The molecule has 0 unspecified atom stereocenters. The molecule has 2 heterocycles. The van der Waals surface area contributed by atoms with Gasteiger partial charge in [-0.3, -0.25) is 19.4 Å². The molecule has 1 N–H and O–H groups in total. The summed E-state index contributed by atoms with van der Waals surface area (Å²) in [5, 5.41) is 11.8. The maximum atomic E-state index is 12.8. The second-order valence-electron chi connectivity index (χ2n) is 8.02. The molecule has 0 spiro atoms. The second kappa shape index (κ2) is 12.3. The van der Waals surface area contributed by atoms with Gasteiger partial charge in [0.2, 0.25) is 17.7 Å². The summed E-state index contributed by atoms with van der Waals surface area (Å²) in [5.41, 5.74) is 1.67. The van der Waals surface area contributed by atoms with Crippen molar-refractivity contribution in [2.24, 2.45) is 5.92 Å². The zero-order valence-corrected chi connectivity index (χ0v) is 18.7. The van der Waals surface area contributed by atoms with Crippen LogP contribution in [0.2, 0.25) is 0 Å². The third-order valence-corrected chi connectivity index (χ3v) is 5.78. The fourth-order valence-corrected chi connectivity index (χ4v) is 3.90. The van der Waals surface area contributed by atoms with E-state index in [4.69, 9.17) is 5.26 Å². The molecule has 0 saturated carbocycles. The highest BCUT2D eigenvalue weighted by molar-refractivity contribution is 5.95. The number of pyridine rings is 1. The number of amides is 3. The zero-order valence-electron chi connectivity index (χ0n) is 18.7. The van der Waals surface area contributed by atoms with Crippen LogP contribution in [-0.4, -0.2) is 47.2 Å². The molecule has 0 aliphatic carbocycles. The van der Waals surface area contributed by atoms with Gasteiger partial charge in [-0.05, 0) is 36.6 Å². The van der Waals surface area contributed by atoms with Crippen LogP contribution in [0.5, 0.6) is 0 Å². The van der Waals surface area contributed by atoms with Crippen LogP contribution in [-0.2, 0) is 20.9 Å². The fraction of sp³-hybridized carbons (Fsp3) is 0.400. The number of nitriles is 1. The Morgan fingerprint density at radius 3 is 2.52 bits per heavy atom. The molecule has 172 valence electrons. The molecule has 0 radical (unpaired) electrons. The molecule has 1 aliphatic heterocycles. The SMILES string of the molecule is N#CCCN(C(=O)CCC(=O)N1CCC(C(=O)NCc2cccnc2)CC1)c1ccccc1. The predicted molar refractivity (Wildman–Crippen MR) is 124 cm³/mol. The summed E-state index contributed by atoms with van der Waals surface area (Å²) in [7, 11) is 0. The quantitative estimate of drug-likeness (QED) is 0.636. The molecule has 8 nitrogen and oxygen atoms in total. The summed E-state index contributed by atoms with van der Waals surface area (Å²) < 4.78 is 0. The molecule has 33 heavy (non-hydrogen) atoms. The van der Waals surface area contributed by atoms with Gasteiger partial charge in [-0.2, -0.15) is 5.26 Å². The van der Waals surface area contributed by atoms with Gasteiger partial charge in [0.25, 0.3) is 0 Å². The summed E-state index contributed by atoms with van der Waals surface area (Å²) in [6.07, 6.45) is 5.06. The Kier molecular flexibility index (Phi) is 8.95. The van der Waals surface area contributed by atoms with Crippen LogP contribution in [0.15, 0.2) is 54.9 Å². The zero-order chi connectivity index (χ0) is 23.5. The number of para-hydroxylation sites is 1. The number of nitrogens with zero attached hydrogens (tertiary/aromatic N) is 4. The van der Waals surface area contributed by atoms with Crippen molar-refractivity contribution in [2.45, 2.75) is 38.6 Å².